The van der Waals surface area contributed by atoms with Gasteiger partial charge in [0.25, 0.3) is 9.05 Å². The molecule has 18 heavy (non-hydrogen) atoms. The first-order chi connectivity index (χ1) is 8.08. The molecule has 0 aromatic carbocycles. The maximum Gasteiger partial charge on any atom is 0.410 e. The summed E-state index contributed by atoms with van der Waals surface area (Å²) in [7, 11) is 1.41. The van der Waals surface area contributed by atoms with Crippen molar-refractivity contribution < 1.29 is 17.9 Å². The molecule has 0 spiro atoms. The molecule has 1 amide bonds. The van der Waals surface area contributed by atoms with Crippen molar-refractivity contribution in [2.75, 3.05) is 6.54 Å². The van der Waals surface area contributed by atoms with E-state index in [1.54, 1.807) is 20.8 Å². The highest BCUT2D eigenvalue weighted by Crippen LogP contribution is 2.22. The van der Waals surface area contributed by atoms with Crippen LogP contribution >= 0.6 is 10.7 Å². The van der Waals surface area contributed by atoms with Crippen LogP contribution in [0.15, 0.2) is 11.5 Å². The molecule has 104 valence electrons. The summed E-state index contributed by atoms with van der Waals surface area (Å²) >= 11 is 0. The van der Waals surface area contributed by atoms with Crippen molar-refractivity contribution in [3.8, 4) is 0 Å². The number of likely N-dealkylation sites (tertiary alicyclic amines) is 1. The number of rotatable bonds is 2. The van der Waals surface area contributed by atoms with Gasteiger partial charge >= 0.3 is 6.09 Å². The van der Waals surface area contributed by atoms with Gasteiger partial charge in [0.05, 0.1) is 6.04 Å². The Hall–Kier alpha value is -0.750. The second-order valence-corrected chi connectivity index (χ2v) is 7.70. The number of nitrogens with zero attached hydrogens (tertiary/aromatic N) is 1. The molecule has 1 unspecified atom stereocenters. The molecular weight excluding hydrogens is 278 g/mol. The zero-order valence-corrected chi connectivity index (χ0v) is 12.3. The van der Waals surface area contributed by atoms with Crippen molar-refractivity contribution in [2.24, 2.45) is 0 Å². The van der Waals surface area contributed by atoms with Gasteiger partial charge in [-0.15, -0.1) is 0 Å². The molecule has 0 bridgehead atoms. The lowest BCUT2D eigenvalue weighted by molar-refractivity contribution is 0.0256. The number of halogens is 1. The van der Waals surface area contributed by atoms with Crippen molar-refractivity contribution in [1.82, 2.24) is 4.90 Å². The fourth-order valence-corrected chi connectivity index (χ4v) is 2.27. The van der Waals surface area contributed by atoms with Crippen molar-refractivity contribution in [2.45, 2.75) is 45.3 Å². The van der Waals surface area contributed by atoms with Crippen molar-refractivity contribution >= 4 is 25.8 Å². The fourth-order valence-electron chi connectivity index (χ4n) is 1.72. The number of hydrogen-bond donors (Lipinski definition) is 0. The molecule has 0 aromatic heterocycles. The molecule has 1 fully saturated rings. The first kappa shape index (κ1) is 15.3. The Labute approximate surface area is 112 Å². The summed E-state index contributed by atoms with van der Waals surface area (Å²) in [6.07, 6.45) is 2.53. The Morgan fingerprint density at radius 3 is 2.56 bits per heavy atom. The van der Waals surface area contributed by atoms with Crippen LogP contribution in [0.4, 0.5) is 4.79 Å². The topological polar surface area (TPSA) is 63.7 Å². The number of carbonyl (C=O) groups is 1. The minimum Gasteiger partial charge on any atom is -0.444 e. The average molecular weight is 296 g/mol. The van der Waals surface area contributed by atoms with Gasteiger partial charge in [0.2, 0.25) is 0 Å². The monoisotopic (exact) mass is 295 g/mol. The molecular formula is C11H18ClNO4S. The standard InChI is InChI=1S/C11H18ClNO4S/c1-11(2,3)17-10(14)13-7-4-5-9(13)6-8-18(12,15)16/h6,8-9H,4-5,7H2,1-3H3/b8-6+. The van der Waals surface area contributed by atoms with Gasteiger partial charge in [-0.3, -0.25) is 0 Å². The highest BCUT2D eigenvalue weighted by atomic mass is 35.7. The maximum atomic E-state index is 11.9. The summed E-state index contributed by atoms with van der Waals surface area (Å²) in [4.78, 5) is 13.4. The van der Waals surface area contributed by atoms with Gasteiger partial charge in [-0.1, -0.05) is 0 Å². The molecule has 1 aliphatic heterocycles. The molecule has 1 aliphatic rings. The summed E-state index contributed by atoms with van der Waals surface area (Å²) in [6.45, 7) is 5.92. The molecule has 1 atom stereocenters. The van der Waals surface area contributed by atoms with E-state index in [4.69, 9.17) is 15.4 Å². The predicted molar refractivity (Wildman–Crippen MR) is 69.9 cm³/mol. The van der Waals surface area contributed by atoms with Gasteiger partial charge in [-0.2, -0.15) is 0 Å². The zero-order valence-electron chi connectivity index (χ0n) is 10.7. The van der Waals surface area contributed by atoms with Crippen LogP contribution in [0.25, 0.3) is 0 Å². The van der Waals surface area contributed by atoms with Crippen LogP contribution in [0.3, 0.4) is 0 Å². The van der Waals surface area contributed by atoms with E-state index in [-0.39, 0.29) is 6.04 Å². The largest absolute Gasteiger partial charge is 0.444 e. The molecule has 0 saturated carbocycles. The highest BCUT2D eigenvalue weighted by Gasteiger charge is 2.30. The number of hydrogen-bond acceptors (Lipinski definition) is 4. The van der Waals surface area contributed by atoms with Gasteiger partial charge < -0.3 is 9.64 Å². The smallest absolute Gasteiger partial charge is 0.410 e. The molecule has 0 radical (unpaired) electrons. The third-order valence-corrected chi connectivity index (χ3v) is 3.18. The first-order valence-electron chi connectivity index (χ1n) is 5.71. The van der Waals surface area contributed by atoms with Gasteiger partial charge in [-0.25, -0.2) is 13.2 Å². The fraction of sp³-hybridized carbons (Fsp3) is 0.727. The molecule has 1 heterocycles. The van der Waals surface area contributed by atoms with Crippen LogP contribution in [0.2, 0.25) is 0 Å². The summed E-state index contributed by atoms with van der Waals surface area (Å²) < 4.78 is 26.9. The van der Waals surface area contributed by atoms with Crippen LogP contribution in [0.1, 0.15) is 33.6 Å². The highest BCUT2D eigenvalue weighted by molar-refractivity contribution is 8.16. The quantitative estimate of drug-likeness (QED) is 0.734. The summed E-state index contributed by atoms with van der Waals surface area (Å²) in [5.74, 6) is 0. The second kappa shape index (κ2) is 5.48. The Balaban J connectivity index is 2.71. The van der Waals surface area contributed by atoms with Gasteiger partial charge in [0.1, 0.15) is 5.60 Å². The first-order valence-corrected chi connectivity index (χ1v) is 8.08. The van der Waals surface area contributed by atoms with Crippen LogP contribution < -0.4 is 0 Å². The van der Waals surface area contributed by atoms with E-state index in [9.17, 15) is 13.2 Å². The van der Waals surface area contributed by atoms with Crippen molar-refractivity contribution in [1.29, 1.82) is 0 Å². The Kier molecular flexibility index (Phi) is 4.66. The molecule has 1 saturated heterocycles. The molecule has 1 rings (SSSR count). The van der Waals surface area contributed by atoms with Gasteiger partial charge in [0.15, 0.2) is 0 Å². The summed E-state index contributed by atoms with van der Waals surface area (Å²) in [6, 6.07) is -0.270. The molecule has 7 heteroatoms. The summed E-state index contributed by atoms with van der Waals surface area (Å²) in [5, 5.41) is 0.919. The molecule has 0 aromatic rings. The lowest BCUT2D eigenvalue weighted by Crippen LogP contribution is -2.39. The average Bonchev–Trinajstić information content (AvgIpc) is 2.58. The lowest BCUT2D eigenvalue weighted by Gasteiger charge is -2.27. The van der Waals surface area contributed by atoms with Crippen molar-refractivity contribution in [3.63, 3.8) is 0 Å². The Morgan fingerprint density at radius 1 is 1.44 bits per heavy atom. The number of carbonyl (C=O) groups excluding carboxylic acids is 1. The van der Waals surface area contributed by atoms with Gasteiger partial charge in [-0.05, 0) is 39.7 Å². The molecule has 0 aliphatic carbocycles. The third kappa shape index (κ3) is 5.27. The van der Waals surface area contributed by atoms with E-state index in [1.165, 1.54) is 11.0 Å². The SMILES string of the molecule is CC(C)(C)OC(=O)N1CCCC1/C=C/S(=O)(=O)Cl. The van der Waals surface area contributed by atoms with E-state index in [1.807, 2.05) is 0 Å². The summed E-state index contributed by atoms with van der Waals surface area (Å²) in [5.41, 5.74) is -0.563. The van der Waals surface area contributed by atoms with Gasteiger partial charge in [0, 0.05) is 22.6 Å². The van der Waals surface area contributed by atoms with Crippen molar-refractivity contribution in [3.05, 3.63) is 11.5 Å². The maximum absolute atomic E-state index is 11.9. The molecule has 5 nitrogen and oxygen atoms in total. The molecule has 0 N–H and O–H groups in total. The van der Waals surface area contributed by atoms with E-state index in [2.05, 4.69) is 0 Å². The van der Waals surface area contributed by atoms with E-state index in [0.29, 0.717) is 13.0 Å². The minimum atomic E-state index is -3.68. The van der Waals surface area contributed by atoms with Crippen LogP contribution in [0.5, 0.6) is 0 Å². The third-order valence-electron chi connectivity index (χ3n) is 2.39. The zero-order chi connectivity index (χ0) is 14.0. The number of ether oxygens (including phenoxy) is 1. The predicted octanol–water partition coefficient (Wildman–Crippen LogP) is 2.47. The van der Waals surface area contributed by atoms with E-state index < -0.39 is 20.7 Å². The second-order valence-electron chi connectivity index (χ2n) is 5.19. The lowest BCUT2D eigenvalue weighted by atomic mass is 10.2. The van der Waals surface area contributed by atoms with Crippen LogP contribution in [-0.2, 0) is 13.8 Å². The van der Waals surface area contributed by atoms with Crippen LogP contribution in [-0.4, -0.2) is 37.6 Å². The Bertz CT molecular complexity index is 438. The minimum absolute atomic E-state index is 0.270. The normalized spacial score (nSPS) is 21.6. The number of amides is 1. The van der Waals surface area contributed by atoms with E-state index >= 15 is 0 Å². The van der Waals surface area contributed by atoms with Crippen LogP contribution in [0, 0.1) is 0 Å². The van der Waals surface area contributed by atoms with E-state index in [0.717, 1.165) is 11.8 Å². The Morgan fingerprint density at radius 2 is 2.06 bits per heavy atom.